The van der Waals surface area contributed by atoms with Crippen molar-refractivity contribution in [1.82, 2.24) is 19.5 Å². The first-order chi connectivity index (χ1) is 13.5. The van der Waals surface area contributed by atoms with Crippen molar-refractivity contribution in [1.29, 1.82) is 0 Å². The molecule has 0 aliphatic carbocycles. The van der Waals surface area contributed by atoms with Gasteiger partial charge in [0, 0.05) is 51.7 Å². The van der Waals surface area contributed by atoms with E-state index >= 15 is 0 Å². The van der Waals surface area contributed by atoms with Crippen LogP contribution >= 0.6 is 11.6 Å². The number of aromatic nitrogens is 4. The number of rotatable bonds is 3. The first-order valence-corrected chi connectivity index (χ1v) is 9.46. The quantitative estimate of drug-likeness (QED) is 0.503. The zero-order valence-electron chi connectivity index (χ0n) is 15.9. The van der Waals surface area contributed by atoms with E-state index in [9.17, 15) is 4.79 Å². The number of hydrogen-bond acceptors (Lipinski definition) is 4. The number of aryl methyl sites for hydroxylation is 3. The van der Waals surface area contributed by atoms with Crippen molar-refractivity contribution in [3.8, 4) is 22.3 Å². The third-order valence-corrected chi connectivity index (χ3v) is 5.15. The molecule has 3 aromatic heterocycles. The van der Waals surface area contributed by atoms with Gasteiger partial charge < -0.3 is 0 Å². The monoisotopic (exact) mass is 390 g/mol. The van der Waals surface area contributed by atoms with E-state index in [-0.39, 0.29) is 5.56 Å². The number of hydrogen-bond donors (Lipinski definition) is 0. The minimum atomic E-state index is -0.111. The summed E-state index contributed by atoms with van der Waals surface area (Å²) in [6.45, 7) is 6.22. The summed E-state index contributed by atoms with van der Waals surface area (Å²) in [5.41, 5.74) is 4.68. The molecule has 140 valence electrons. The van der Waals surface area contributed by atoms with Crippen molar-refractivity contribution < 1.29 is 0 Å². The number of pyridine rings is 2. The van der Waals surface area contributed by atoms with Crippen LogP contribution in [0.3, 0.4) is 0 Å². The second kappa shape index (κ2) is 7.17. The van der Waals surface area contributed by atoms with Crippen LogP contribution in [0.15, 0.2) is 53.6 Å². The molecule has 0 unspecified atom stereocenters. The van der Waals surface area contributed by atoms with Gasteiger partial charge in [-0.3, -0.25) is 14.3 Å². The van der Waals surface area contributed by atoms with Gasteiger partial charge >= 0.3 is 0 Å². The van der Waals surface area contributed by atoms with Gasteiger partial charge in [-0.15, -0.1) is 0 Å². The molecule has 5 nitrogen and oxygen atoms in total. The van der Waals surface area contributed by atoms with Gasteiger partial charge in [-0.2, -0.15) is 0 Å². The summed E-state index contributed by atoms with van der Waals surface area (Å²) in [4.78, 5) is 26.2. The fourth-order valence-electron chi connectivity index (χ4n) is 3.42. The van der Waals surface area contributed by atoms with Crippen LogP contribution in [-0.4, -0.2) is 19.5 Å². The molecular formula is C22H19ClN4O. The molecule has 0 aliphatic heterocycles. The topological polar surface area (TPSA) is 60.7 Å². The second-order valence-corrected chi connectivity index (χ2v) is 7.04. The average molecular weight is 391 g/mol. The lowest BCUT2D eigenvalue weighted by Crippen LogP contribution is -2.22. The minimum absolute atomic E-state index is 0.111. The smallest absolute Gasteiger partial charge is 0.260 e. The molecule has 6 heteroatoms. The van der Waals surface area contributed by atoms with Crippen LogP contribution in [0, 0.1) is 13.8 Å². The highest BCUT2D eigenvalue weighted by Gasteiger charge is 2.15. The summed E-state index contributed by atoms with van der Waals surface area (Å²) in [5.74, 6) is 0.635. The standard InChI is InChI=1S/C22H19ClN4O/c1-4-27-21-16(12-25-14(3)26-21)10-19(22(27)28)18-8-7-15(11-20(18)23)17-6-5-9-24-13(17)2/h5-12H,4H2,1-3H3. The van der Waals surface area contributed by atoms with Crippen molar-refractivity contribution in [2.24, 2.45) is 0 Å². The normalized spacial score (nSPS) is 11.1. The lowest BCUT2D eigenvalue weighted by Gasteiger charge is -2.13. The first kappa shape index (κ1) is 18.3. The minimum Gasteiger partial charge on any atom is -0.292 e. The van der Waals surface area contributed by atoms with E-state index in [0.29, 0.717) is 34.2 Å². The zero-order valence-corrected chi connectivity index (χ0v) is 16.7. The van der Waals surface area contributed by atoms with Crippen LogP contribution in [0.1, 0.15) is 18.4 Å². The van der Waals surface area contributed by atoms with Gasteiger partial charge in [-0.25, -0.2) is 9.97 Å². The maximum Gasteiger partial charge on any atom is 0.260 e. The summed E-state index contributed by atoms with van der Waals surface area (Å²) >= 11 is 6.61. The zero-order chi connectivity index (χ0) is 19.8. The maximum atomic E-state index is 13.1. The van der Waals surface area contributed by atoms with Gasteiger partial charge in [0.15, 0.2) is 0 Å². The molecular weight excluding hydrogens is 372 g/mol. The Hall–Kier alpha value is -3.05. The van der Waals surface area contributed by atoms with E-state index in [1.54, 1.807) is 17.0 Å². The Morgan fingerprint density at radius 3 is 2.57 bits per heavy atom. The van der Waals surface area contributed by atoms with Gasteiger partial charge in [-0.05, 0) is 44.5 Å². The Kier molecular flexibility index (Phi) is 4.69. The first-order valence-electron chi connectivity index (χ1n) is 9.08. The molecule has 0 N–H and O–H groups in total. The molecule has 4 rings (SSSR count). The third-order valence-electron chi connectivity index (χ3n) is 4.84. The van der Waals surface area contributed by atoms with Crippen LogP contribution in [0.2, 0.25) is 5.02 Å². The number of benzene rings is 1. The number of fused-ring (bicyclic) bond motifs is 1. The van der Waals surface area contributed by atoms with Gasteiger partial charge in [-0.1, -0.05) is 29.8 Å². The van der Waals surface area contributed by atoms with Gasteiger partial charge in [0.05, 0.1) is 0 Å². The lowest BCUT2D eigenvalue weighted by atomic mass is 9.99. The van der Waals surface area contributed by atoms with E-state index in [1.165, 1.54) is 0 Å². The maximum absolute atomic E-state index is 13.1. The third kappa shape index (κ3) is 3.08. The summed E-state index contributed by atoms with van der Waals surface area (Å²) in [6.07, 6.45) is 3.51. The molecule has 0 aliphatic rings. The highest BCUT2D eigenvalue weighted by atomic mass is 35.5. The molecule has 0 radical (unpaired) electrons. The number of halogens is 1. The summed E-state index contributed by atoms with van der Waals surface area (Å²) < 4.78 is 1.66. The molecule has 3 heterocycles. The highest BCUT2D eigenvalue weighted by molar-refractivity contribution is 6.33. The average Bonchev–Trinajstić information content (AvgIpc) is 2.68. The Balaban J connectivity index is 1.91. The summed E-state index contributed by atoms with van der Waals surface area (Å²) in [6, 6.07) is 11.5. The molecule has 0 spiro atoms. The Bertz CT molecular complexity index is 1260. The highest BCUT2D eigenvalue weighted by Crippen LogP contribution is 2.32. The van der Waals surface area contributed by atoms with E-state index in [0.717, 1.165) is 22.2 Å². The molecule has 0 saturated heterocycles. The molecule has 1 aromatic carbocycles. The van der Waals surface area contributed by atoms with Crippen LogP contribution in [-0.2, 0) is 6.54 Å². The Morgan fingerprint density at radius 1 is 1.04 bits per heavy atom. The van der Waals surface area contributed by atoms with Gasteiger partial charge in [0.2, 0.25) is 0 Å². The molecule has 28 heavy (non-hydrogen) atoms. The molecule has 4 aromatic rings. The largest absolute Gasteiger partial charge is 0.292 e. The van der Waals surface area contributed by atoms with E-state index in [2.05, 4.69) is 15.0 Å². The van der Waals surface area contributed by atoms with Crippen molar-refractivity contribution in [3.63, 3.8) is 0 Å². The molecule has 0 atom stereocenters. The molecule has 0 saturated carbocycles. The van der Waals surface area contributed by atoms with E-state index < -0.39 is 0 Å². The van der Waals surface area contributed by atoms with E-state index in [4.69, 9.17) is 11.6 Å². The Labute approximate surface area is 167 Å². The molecule has 0 fully saturated rings. The lowest BCUT2D eigenvalue weighted by molar-refractivity contribution is 0.748. The predicted octanol–water partition coefficient (Wildman–Crippen LogP) is 4.81. The Morgan fingerprint density at radius 2 is 1.86 bits per heavy atom. The SMILES string of the molecule is CCn1c(=O)c(-c2ccc(-c3cccnc3C)cc2Cl)cc2cnc(C)nc21. The van der Waals surface area contributed by atoms with Crippen LogP contribution < -0.4 is 5.56 Å². The molecule has 0 bridgehead atoms. The van der Waals surface area contributed by atoms with Crippen molar-refractivity contribution in [3.05, 3.63) is 75.7 Å². The van der Waals surface area contributed by atoms with Crippen molar-refractivity contribution in [2.75, 3.05) is 0 Å². The van der Waals surface area contributed by atoms with Crippen molar-refractivity contribution in [2.45, 2.75) is 27.3 Å². The summed E-state index contributed by atoms with van der Waals surface area (Å²) in [5, 5.41) is 1.33. The van der Waals surface area contributed by atoms with Gasteiger partial charge in [0.25, 0.3) is 5.56 Å². The predicted molar refractivity (Wildman–Crippen MR) is 113 cm³/mol. The number of nitrogens with zero attached hydrogens (tertiary/aromatic N) is 4. The van der Waals surface area contributed by atoms with Crippen LogP contribution in [0.5, 0.6) is 0 Å². The fraction of sp³-hybridized carbons (Fsp3) is 0.182. The van der Waals surface area contributed by atoms with Gasteiger partial charge in [0.1, 0.15) is 11.5 Å². The summed E-state index contributed by atoms with van der Waals surface area (Å²) in [7, 11) is 0. The van der Waals surface area contributed by atoms with Crippen molar-refractivity contribution >= 4 is 22.6 Å². The fourth-order valence-corrected chi connectivity index (χ4v) is 3.70. The van der Waals surface area contributed by atoms with Crippen LogP contribution in [0.4, 0.5) is 0 Å². The molecule has 0 amide bonds. The van der Waals surface area contributed by atoms with Crippen LogP contribution in [0.25, 0.3) is 33.3 Å². The second-order valence-electron chi connectivity index (χ2n) is 6.63. The van der Waals surface area contributed by atoms with E-state index in [1.807, 2.05) is 57.2 Å².